The first-order valence-electron chi connectivity index (χ1n) is 6.49. The van der Waals surface area contributed by atoms with Crippen LogP contribution in [0.3, 0.4) is 0 Å². The molecule has 1 aromatic carbocycles. The summed E-state index contributed by atoms with van der Waals surface area (Å²) >= 11 is 3.46. The van der Waals surface area contributed by atoms with Crippen molar-refractivity contribution in [1.29, 1.82) is 0 Å². The first-order chi connectivity index (χ1) is 9.13. The summed E-state index contributed by atoms with van der Waals surface area (Å²) < 4.78 is 6.46. The molecule has 1 aliphatic rings. The van der Waals surface area contributed by atoms with Gasteiger partial charge in [0.15, 0.2) is 0 Å². The van der Waals surface area contributed by atoms with Gasteiger partial charge in [-0.05, 0) is 49.9 Å². The van der Waals surface area contributed by atoms with Gasteiger partial charge in [-0.2, -0.15) is 4.98 Å². The summed E-state index contributed by atoms with van der Waals surface area (Å²) in [5, 5.41) is 4.10. The van der Waals surface area contributed by atoms with Gasteiger partial charge in [-0.1, -0.05) is 21.1 Å². The minimum Gasteiger partial charge on any atom is -0.339 e. The lowest BCUT2D eigenvalue weighted by atomic mass is 10.1. The van der Waals surface area contributed by atoms with Gasteiger partial charge in [-0.25, -0.2) is 0 Å². The van der Waals surface area contributed by atoms with Crippen LogP contribution >= 0.6 is 15.9 Å². The van der Waals surface area contributed by atoms with Gasteiger partial charge in [0.05, 0.1) is 0 Å². The number of halogens is 1. The van der Waals surface area contributed by atoms with E-state index in [4.69, 9.17) is 10.3 Å². The molecule has 2 atom stereocenters. The molecule has 3 rings (SSSR count). The van der Waals surface area contributed by atoms with Crippen molar-refractivity contribution in [2.45, 2.75) is 38.1 Å². The van der Waals surface area contributed by atoms with E-state index in [2.05, 4.69) is 32.1 Å². The molecule has 2 aromatic rings. The third-order valence-electron chi connectivity index (χ3n) is 3.69. The summed E-state index contributed by atoms with van der Waals surface area (Å²) in [5.41, 5.74) is 8.07. The Bertz CT molecular complexity index is 596. The monoisotopic (exact) mass is 321 g/mol. The number of aromatic nitrogens is 2. The normalized spacial score (nSPS) is 22.9. The maximum absolute atomic E-state index is 5.93. The zero-order valence-corrected chi connectivity index (χ0v) is 12.4. The highest BCUT2D eigenvalue weighted by Crippen LogP contribution is 2.34. The van der Waals surface area contributed by atoms with Crippen LogP contribution in [0, 0.1) is 6.92 Å². The van der Waals surface area contributed by atoms with Crippen LogP contribution < -0.4 is 5.73 Å². The molecule has 1 aliphatic carbocycles. The second-order valence-corrected chi connectivity index (χ2v) is 6.10. The van der Waals surface area contributed by atoms with E-state index in [1.807, 2.05) is 19.1 Å². The van der Waals surface area contributed by atoms with Crippen molar-refractivity contribution in [3.05, 3.63) is 34.1 Å². The topological polar surface area (TPSA) is 64.9 Å². The van der Waals surface area contributed by atoms with E-state index in [1.165, 1.54) is 0 Å². The molecule has 0 radical (unpaired) electrons. The Morgan fingerprint density at radius 1 is 1.37 bits per heavy atom. The highest BCUT2D eigenvalue weighted by molar-refractivity contribution is 9.10. The summed E-state index contributed by atoms with van der Waals surface area (Å²) in [5.74, 6) is 1.72. The Hall–Kier alpha value is -1.20. The van der Waals surface area contributed by atoms with Gasteiger partial charge in [-0.15, -0.1) is 0 Å². The maximum atomic E-state index is 5.93. The maximum Gasteiger partial charge on any atom is 0.230 e. The SMILES string of the molecule is Cc1cc(Br)ccc1-c1noc(C2CCC(N)C2)n1. The number of aryl methyl sites for hydroxylation is 1. The first-order valence-corrected chi connectivity index (χ1v) is 7.28. The van der Waals surface area contributed by atoms with E-state index in [0.717, 1.165) is 40.8 Å². The molecule has 0 saturated heterocycles. The lowest BCUT2D eigenvalue weighted by Gasteiger charge is -2.02. The van der Waals surface area contributed by atoms with Crippen molar-refractivity contribution < 1.29 is 4.52 Å². The minimum absolute atomic E-state index is 0.273. The van der Waals surface area contributed by atoms with Gasteiger partial charge in [-0.3, -0.25) is 0 Å². The lowest BCUT2D eigenvalue weighted by molar-refractivity contribution is 0.353. The van der Waals surface area contributed by atoms with E-state index >= 15 is 0 Å². The van der Waals surface area contributed by atoms with E-state index < -0.39 is 0 Å². The van der Waals surface area contributed by atoms with Crippen LogP contribution in [-0.2, 0) is 0 Å². The Labute approximate surface area is 120 Å². The molecule has 4 nitrogen and oxygen atoms in total. The molecule has 19 heavy (non-hydrogen) atoms. The molecule has 2 unspecified atom stereocenters. The highest BCUT2D eigenvalue weighted by Gasteiger charge is 2.28. The second-order valence-electron chi connectivity index (χ2n) is 5.19. The summed E-state index contributed by atoms with van der Waals surface area (Å²) in [4.78, 5) is 4.54. The quantitative estimate of drug-likeness (QED) is 0.920. The average Bonchev–Trinajstić information content (AvgIpc) is 2.97. The van der Waals surface area contributed by atoms with E-state index in [0.29, 0.717) is 11.7 Å². The van der Waals surface area contributed by atoms with Crippen LogP contribution in [0.5, 0.6) is 0 Å². The minimum atomic E-state index is 0.273. The second kappa shape index (κ2) is 5.06. The summed E-state index contributed by atoms with van der Waals surface area (Å²) in [6, 6.07) is 6.32. The molecule has 0 amide bonds. The predicted octanol–water partition coefficient (Wildman–Crippen LogP) is 3.40. The Balaban J connectivity index is 1.88. The molecule has 0 aliphatic heterocycles. The molecule has 0 spiro atoms. The van der Waals surface area contributed by atoms with Gasteiger partial charge in [0.2, 0.25) is 11.7 Å². The standard InChI is InChI=1S/C14H16BrN3O/c1-8-6-10(15)3-5-12(8)13-17-14(19-18-13)9-2-4-11(16)7-9/h3,5-6,9,11H,2,4,7,16H2,1H3. The summed E-state index contributed by atoms with van der Waals surface area (Å²) in [6.45, 7) is 2.04. The van der Waals surface area contributed by atoms with Crippen molar-refractivity contribution in [3.63, 3.8) is 0 Å². The van der Waals surface area contributed by atoms with Crippen molar-refractivity contribution in [1.82, 2.24) is 10.1 Å². The molecular weight excluding hydrogens is 306 g/mol. The average molecular weight is 322 g/mol. The Morgan fingerprint density at radius 3 is 2.89 bits per heavy atom. The number of rotatable bonds is 2. The van der Waals surface area contributed by atoms with Crippen molar-refractivity contribution in [2.75, 3.05) is 0 Å². The highest BCUT2D eigenvalue weighted by atomic mass is 79.9. The largest absolute Gasteiger partial charge is 0.339 e. The molecule has 1 heterocycles. The first kappa shape index (κ1) is 12.8. The third kappa shape index (κ3) is 2.58. The lowest BCUT2D eigenvalue weighted by Crippen LogP contribution is -2.14. The van der Waals surface area contributed by atoms with Crippen molar-refractivity contribution in [2.24, 2.45) is 5.73 Å². The number of hydrogen-bond donors (Lipinski definition) is 1. The molecule has 100 valence electrons. The molecule has 2 N–H and O–H groups in total. The van der Waals surface area contributed by atoms with Crippen LogP contribution in [0.25, 0.3) is 11.4 Å². The zero-order chi connectivity index (χ0) is 13.4. The van der Waals surface area contributed by atoms with Gasteiger partial charge in [0, 0.05) is 22.0 Å². The molecule has 1 aromatic heterocycles. The van der Waals surface area contributed by atoms with Gasteiger partial charge < -0.3 is 10.3 Å². The van der Waals surface area contributed by atoms with E-state index in [-0.39, 0.29) is 6.04 Å². The van der Waals surface area contributed by atoms with Crippen LogP contribution in [0.15, 0.2) is 27.2 Å². The number of nitrogens with two attached hydrogens (primary N) is 1. The van der Waals surface area contributed by atoms with Crippen LogP contribution in [0.2, 0.25) is 0 Å². The fourth-order valence-electron chi connectivity index (χ4n) is 2.63. The van der Waals surface area contributed by atoms with E-state index in [1.54, 1.807) is 0 Å². The van der Waals surface area contributed by atoms with Crippen molar-refractivity contribution >= 4 is 15.9 Å². The Kier molecular flexibility index (Phi) is 3.41. The molecule has 1 saturated carbocycles. The Morgan fingerprint density at radius 2 is 2.21 bits per heavy atom. The van der Waals surface area contributed by atoms with Gasteiger partial charge >= 0.3 is 0 Å². The number of nitrogens with zero attached hydrogens (tertiary/aromatic N) is 2. The summed E-state index contributed by atoms with van der Waals surface area (Å²) in [6.07, 6.45) is 3.03. The van der Waals surface area contributed by atoms with Crippen LogP contribution in [-0.4, -0.2) is 16.2 Å². The van der Waals surface area contributed by atoms with E-state index in [9.17, 15) is 0 Å². The molecule has 0 bridgehead atoms. The predicted molar refractivity (Wildman–Crippen MR) is 76.7 cm³/mol. The summed E-state index contributed by atoms with van der Waals surface area (Å²) in [7, 11) is 0. The molecular formula is C14H16BrN3O. The third-order valence-corrected chi connectivity index (χ3v) is 4.19. The fourth-order valence-corrected chi connectivity index (χ4v) is 3.10. The van der Waals surface area contributed by atoms with Crippen LogP contribution in [0.1, 0.15) is 36.6 Å². The number of benzene rings is 1. The molecule has 1 fully saturated rings. The van der Waals surface area contributed by atoms with Gasteiger partial charge in [0.1, 0.15) is 0 Å². The van der Waals surface area contributed by atoms with Crippen LogP contribution in [0.4, 0.5) is 0 Å². The zero-order valence-electron chi connectivity index (χ0n) is 10.8. The van der Waals surface area contributed by atoms with Crippen molar-refractivity contribution in [3.8, 4) is 11.4 Å². The smallest absolute Gasteiger partial charge is 0.230 e. The van der Waals surface area contributed by atoms with Gasteiger partial charge in [0.25, 0.3) is 0 Å². The number of hydrogen-bond acceptors (Lipinski definition) is 4. The fraction of sp³-hybridized carbons (Fsp3) is 0.429. The molecule has 5 heteroatoms.